The number of nitrogens with two attached hydrogens (primary N) is 1. The first-order valence-corrected chi connectivity index (χ1v) is 8.28. The number of rotatable bonds is 1. The van der Waals surface area contributed by atoms with E-state index in [2.05, 4.69) is 4.99 Å². The minimum absolute atomic E-state index is 0. The van der Waals surface area contributed by atoms with Crippen LogP contribution >= 0.6 is 35.9 Å². The highest BCUT2D eigenvalue weighted by molar-refractivity contribution is 8.04. The van der Waals surface area contributed by atoms with Gasteiger partial charge in [-0.3, -0.25) is 4.42 Å². The van der Waals surface area contributed by atoms with Crippen molar-refractivity contribution in [2.24, 2.45) is 10.7 Å². The highest BCUT2D eigenvalue weighted by Gasteiger charge is 2.45. The third kappa shape index (κ3) is 3.18. The van der Waals surface area contributed by atoms with Gasteiger partial charge in [-0.15, -0.1) is 12.4 Å². The average molecular weight is 367 g/mol. The van der Waals surface area contributed by atoms with Crippen LogP contribution in [0.15, 0.2) is 15.6 Å². The number of carbonyl (C=O) groups is 1. The monoisotopic (exact) mass is 366 g/mol. The molecule has 124 valence electrons. The van der Waals surface area contributed by atoms with E-state index in [1.165, 1.54) is 4.42 Å². The molecule has 1 unspecified atom stereocenters. The zero-order valence-corrected chi connectivity index (χ0v) is 14.7. The second kappa shape index (κ2) is 6.86. The van der Waals surface area contributed by atoms with Crippen molar-refractivity contribution in [2.45, 2.75) is 37.1 Å². The Hall–Kier alpha value is -0.630. The van der Waals surface area contributed by atoms with E-state index in [1.807, 2.05) is 6.92 Å². The molecule has 0 bridgehead atoms. The summed E-state index contributed by atoms with van der Waals surface area (Å²) in [6, 6.07) is 0. The molecule has 6 nitrogen and oxygen atoms in total. The maximum atomic E-state index is 11.8. The summed E-state index contributed by atoms with van der Waals surface area (Å²) in [6.07, 6.45) is 3.81. The zero-order chi connectivity index (χ0) is 15.0. The van der Waals surface area contributed by atoms with Crippen LogP contribution in [0.5, 0.6) is 0 Å². The van der Waals surface area contributed by atoms with Gasteiger partial charge in [0, 0.05) is 35.2 Å². The summed E-state index contributed by atoms with van der Waals surface area (Å²) in [7, 11) is 0. The van der Waals surface area contributed by atoms with Gasteiger partial charge in [-0.1, -0.05) is 11.8 Å². The topological polar surface area (TPSA) is 71.2 Å². The highest BCUT2D eigenvalue weighted by Crippen LogP contribution is 2.53. The molecule has 2 N–H and O–H groups in total. The lowest BCUT2D eigenvalue weighted by Gasteiger charge is -2.38. The lowest BCUT2D eigenvalue weighted by molar-refractivity contribution is 0.0951. The van der Waals surface area contributed by atoms with Crippen LogP contribution in [0.25, 0.3) is 0 Å². The fourth-order valence-corrected chi connectivity index (χ4v) is 4.60. The van der Waals surface area contributed by atoms with Crippen LogP contribution in [-0.4, -0.2) is 52.4 Å². The third-order valence-corrected chi connectivity index (χ3v) is 6.05. The Morgan fingerprint density at radius 3 is 2.91 bits per heavy atom. The summed E-state index contributed by atoms with van der Waals surface area (Å²) in [6.45, 7) is 3.68. The molecular formula is C13H20Cl2N4O2S. The number of piperidine rings is 1. The Morgan fingerprint density at radius 2 is 2.27 bits per heavy atom. The van der Waals surface area contributed by atoms with Crippen LogP contribution in [-0.2, 0) is 4.74 Å². The Balaban J connectivity index is 0.00000176. The fourth-order valence-electron chi connectivity index (χ4n) is 2.99. The van der Waals surface area contributed by atoms with Crippen molar-refractivity contribution in [1.82, 2.24) is 9.32 Å². The number of thioether (sulfide) groups is 1. The van der Waals surface area contributed by atoms with Crippen molar-refractivity contribution in [3.63, 3.8) is 0 Å². The lowest BCUT2D eigenvalue weighted by Crippen LogP contribution is -2.45. The second-order valence-electron chi connectivity index (χ2n) is 5.51. The Kier molecular flexibility index (Phi) is 5.53. The van der Waals surface area contributed by atoms with Crippen LogP contribution in [0.2, 0.25) is 0 Å². The van der Waals surface area contributed by atoms with Gasteiger partial charge in [-0.25, -0.2) is 9.79 Å². The number of hydrogen-bond donors (Lipinski definition) is 1. The fraction of sp³-hybridized carbons (Fsp3) is 0.692. The number of likely N-dealkylation sites (tertiary alicyclic amines) is 1. The van der Waals surface area contributed by atoms with Crippen molar-refractivity contribution in [1.29, 1.82) is 0 Å². The van der Waals surface area contributed by atoms with E-state index in [4.69, 9.17) is 22.2 Å². The molecule has 3 heterocycles. The lowest BCUT2D eigenvalue weighted by atomic mass is 9.88. The first kappa shape index (κ1) is 17.7. The number of hydrogen-bond acceptors (Lipinski definition) is 6. The standard InChI is InChI=1S/C13H19ClN4O2S.ClH/c1-2-20-12(19)17-5-3-13(4-6-17)7-9-10(15)18(14)8-16-11(9)21-13;/h8,10H,2-7,15H2,1H3;1H. The zero-order valence-electron chi connectivity index (χ0n) is 12.3. The van der Waals surface area contributed by atoms with E-state index < -0.39 is 0 Å². The van der Waals surface area contributed by atoms with Gasteiger partial charge < -0.3 is 15.4 Å². The van der Waals surface area contributed by atoms with E-state index in [1.54, 1.807) is 23.0 Å². The number of amides is 1. The van der Waals surface area contributed by atoms with Crippen molar-refractivity contribution >= 4 is 48.4 Å². The second-order valence-corrected chi connectivity index (χ2v) is 7.36. The molecule has 0 aromatic rings. The summed E-state index contributed by atoms with van der Waals surface area (Å²) in [5, 5.41) is 1.00. The van der Waals surface area contributed by atoms with Crippen LogP contribution < -0.4 is 5.73 Å². The van der Waals surface area contributed by atoms with Crippen molar-refractivity contribution in [3.05, 3.63) is 10.6 Å². The quantitative estimate of drug-likeness (QED) is 0.721. The van der Waals surface area contributed by atoms with Gasteiger partial charge in [0.1, 0.15) is 17.5 Å². The van der Waals surface area contributed by atoms with Gasteiger partial charge in [0.05, 0.1) is 6.61 Å². The van der Waals surface area contributed by atoms with Gasteiger partial charge in [0.25, 0.3) is 0 Å². The summed E-state index contributed by atoms with van der Waals surface area (Å²) in [5.74, 6) is 0. The first-order chi connectivity index (χ1) is 10.0. The molecular weight excluding hydrogens is 347 g/mol. The highest BCUT2D eigenvalue weighted by atomic mass is 35.5. The molecule has 22 heavy (non-hydrogen) atoms. The maximum Gasteiger partial charge on any atom is 0.409 e. The van der Waals surface area contributed by atoms with E-state index in [0.717, 1.165) is 43.0 Å². The van der Waals surface area contributed by atoms with Crippen molar-refractivity contribution in [3.8, 4) is 0 Å². The molecule has 9 heteroatoms. The Labute approximate surface area is 145 Å². The molecule has 3 rings (SSSR count). The van der Waals surface area contributed by atoms with Crippen LogP contribution in [0.4, 0.5) is 4.79 Å². The van der Waals surface area contributed by atoms with E-state index in [0.29, 0.717) is 6.61 Å². The normalized spacial score (nSPS) is 26.0. The number of carbonyl (C=O) groups excluding carboxylic acids is 1. The SMILES string of the molecule is CCOC(=O)N1CCC2(CC1)CC1=C(N=CN(Cl)C1N)S2.Cl. The molecule has 3 aliphatic heterocycles. The third-order valence-electron chi connectivity index (χ3n) is 4.21. The number of ether oxygens (including phenoxy) is 1. The first-order valence-electron chi connectivity index (χ1n) is 7.12. The van der Waals surface area contributed by atoms with Crippen molar-refractivity contribution in [2.75, 3.05) is 19.7 Å². The average Bonchev–Trinajstić information content (AvgIpc) is 2.83. The molecule has 1 amide bonds. The minimum Gasteiger partial charge on any atom is -0.450 e. The van der Waals surface area contributed by atoms with Gasteiger partial charge in [0.2, 0.25) is 0 Å². The van der Waals surface area contributed by atoms with Crippen LogP contribution in [0, 0.1) is 0 Å². The molecule has 3 aliphatic rings. The molecule has 0 aromatic heterocycles. The largest absolute Gasteiger partial charge is 0.450 e. The molecule has 1 saturated heterocycles. The minimum atomic E-state index is -0.297. The van der Waals surface area contributed by atoms with Crippen LogP contribution in [0.1, 0.15) is 26.2 Å². The molecule has 1 atom stereocenters. The molecule has 0 saturated carbocycles. The Morgan fingerprint density at radius 1 is 1.59 bits per heavy atom. The smallest absolute Gasteiger partial charge is 0.409 e. The van der Waals surface area contributed by atoms with Gasteiger partial charge >= 0.3 is 6.09 Å². The molecule has 1 spiro atoms. The maximum absolute atomic E-state index is 11.8. The van der Waals surface area contributed by atoms with Gasteiger partial charge in [-0.05, 0) is 26.2 Å². The number of nitrogens with zero attached hydrogens (tertiary/aromatic N) is 3. The van der Waals surface area contributed by atoms with E-state index in [9.17, 15) is 4.79 Å². The summed E-state index contributed by atoms with van der Waals surface area (Å²) < 4.78 is 6.58. The summed E-state index contributed by atoms with van der Waals surface area (Å²) in [5.41, 5.74) is 7.23. The Bertz CT molecular complexity index is 506. The summed E-state index contributed by atoms with van der Waals surface area (Å²) in [4.78, 5) is 17.9. The summed E-state index contributed by atoms with van der Waals surface area (Å²) >= 11 is 7.80. The van der Waals surface area contributed by atoms with Crippen molar-refractivity contribution < 1.29 is 9.53 Å². The predicted octanol–water partition coefficient (Wildman–Crippen LogP) is 2.53. The van der Waals surface area contributed by atoms with Gasteiger partial charge in [-0.2, -0.15) is 0 Å². The number of aliphatic imine (C=N–C) groups is 1. The van der Waals surface area contributed by atoms with E-state index >= 15 is 0 Å². The van der Waals surface area contributed by atoms with E-state index in [-0.39, 0.29) is 29.4 Å². The predicted molar refractivity (Wildman–Crippen MR) is 91.2 cm³/mol. The molecule has 1 fully saturated rings. The molecule has 0 radical (unpaired) electrons. The van der Waals surface area contributed by atoms with Gasteiger partial charge in [0.15, 0.2) is 0 Å². The van der Waals surface area contributed by atoms with Crippen LogP contribution in [0.3, 0.4) is 0 Å². The molecule has 0 aliphatic carbocycles. The number of halogens is 2. The molecule has 0 aromatic carbocycles.